The van der Waals surface area contributed by atoms with Gasteiger partial charge in [-0.1, -0.05) is 0 Å². The fourth-order valence-electron chi connectivity index (χ4n) is 1.74. The molecular weight excluding hydrogens is 206 g/mol. The number of unbranched alkanes of at least 4 members (excludes halogenated alkanes) is 1. The third kappa shape index (κ3) is 2.87. The lowest BCUT2D eigenvalue weighted by Gasteiger charge is -2.02. The van der Waals surface area contributed by atoms with Gasteiger partial charge in [0, 0.05) is 12.2 Å². The maximum Gasteiger partial charge on any atom is 0.231 e. The molecule has 88 valence electrons. The Bertz CT molecular complexity index is 341. The molecule has 1 aliphatic rings. The van der Waals surface area contributed by atoms with Crippen LogP contribution >= 0.6 is 0 Å². The molecule has 1 heterocycles. The minimum absolute atomic E-state index is 0.290. The highest BCUT2D eigenvalue weighted by molar-refractivity contribution is 5.44. The molecule has 0 radical (unpaired) electrons. The Morgan fingerprint density at radius 2 is 2.06 bits per heavy atom. The molecule has 0 aliphatic carbocycles. The van der Waals surface area contributed by atoms with Gasteiger partial charge in [0.25, 0.3) is 0 Å². The van der Waals surface area contributed by atoms with Crippen LogP contribution in [0.25, 0.3) is 0 Å². The molecule has 4 heteroatoms. The first kappa shape index (κ1) is 11.2. The van der Waals surface area contributed by atoms with E-state index in [1.807, 2.05) is 12.1 Å². The molecule has 0 bridgehead atoms. The first-order valence-electron chi connectivity index (χ1n) is 5.71. The second-order valence-corrected chi connectivity index (χ2v) is 3.90. The number of aliphatic hydroxyl groups is 1. The van der Waals surface area contributed by atoms with Crippen molar-refractivity contribution in [1.82, 2.24) is 0 Å². The maximum absolute atomic E-state index is 8.64. The quantitative estimate of drug-likeness (QED) is 0.681. The molecule has 0 fully saturated rings. The second kappa shape index (κ2) is 5.72. The first-order valence-corrected chi connectivity index (χ1v) is 5.71. The standard InChI is InChI=1S/C12H17NO3/c14-6-2-1-5-13-8-10-3-4-11-12(7-10)16-9-15-11/h3-4,7,13-14H,1-2,5-6,8-9H2/p+1. The Morgan fingerprint density at radius 1 is 1.19 bits per heavy atom. The van der Waals surface area contributed by atoms with Gasteiger partial charge in [0.1, 0.15) is 6.54 Å². The Labute approximate surface area is 95.2 Å². The van der Waals surface area contributed by atoms with E-state index < -0.39 is 0 Å². The van der Waals surface area contributed by atoms with Crippen molar-refractivity contribution in [2.45, 2.75) is 19.4 Å². The molecule has 0 saturated carbocycles. The van der Waals surface area contributed by atoms with Gasteiger partial charge in [-0.15, -0.1) is 0 Å². The fourth-order valence-corrected chi connectivity index (χ4v) is 1.74. The predicted molar refractivity (Wildman–Crippen MR) is 59.4 cm³/mol. The van der Waals surface area contributed by atoms with Crippen LogP contribution in [0, 0.1) is 0 Å². The molecule has 2 rings (SSSR count). The summed E-state index contributed by atoms with van der Waals surface area (Å²) >= 11 is 0. The molecule has 0 spiro atoms. The van der Waals surface area contributed by atoms with E-state index in [-0.39, 0.29) is 6.61 Å². The number of ether oxygens (including phenoxy) is 2. The highest BCUT2D eigenvalue weighted by atomic mass is 16.7. The molecule has 16 heavy (non-hydrogen) atoms. The van der Waals surface area contributed by atoms with Crippen LogP contribution in [0.3, 0.4) is 0 Å². The van der Waals surface area contributed by atoms with Crippen molar-refractivity contribution in [2.24, 2.45) is 0 Å². The van der Waals surface area contributed by atoms with Crippen LogP contribution in [0.2, 0.25) is 0 Å². The van der Waals surface area contributed by atoms with Crippen molar-refractivity contribution < 1.29 is 19.9 Å². The van der Waals surface area contributed by atoms with Gasteiger partial charge in [-0.25, -0.2) is 0 Å². The Hall–Kier alpha value is -1.26. The monoisotopic (exact) mass is 224 g/mol. The summed E-state index contributed by atoms with van der Waals surface area (Å²) in [5, 5.41) is 10.9. The van der Waals surface area contributed by atoms with Gasteiger partial charge < -0.3 is 19.9 Å². The highest BCUT2D eigenvalue weighted by Gasteiger charge is 2.13. The first-order chi connectivity index (χ1) is 7.90. The summed E-state index contributed by atoms with van der Waals surface area (Å²) < 4.78 is 10.6. The van der Waals surface area contributed by atoms with E-state index in [1.54, 1.807) is 0 Å². The maximum atomic E-state index is 8.64. The SMILES string of the molecule is OCCCC[NH2+]Cc1ccc2c(c1)OCO2. The van der Waals surface area contributed by atoms with E-state index in [0.717, 1.165) is 37.4 Å². The van der Waals surface area contributed by atoms with E-state index in [4.69, 9.17) is 14.6 Å². The largest absolute Gasteiger partial charge is 0.454 e. The third-order valence-corrected chi connectivity index (χ3v) is 2.63. The zero-order valence-electron chi connectivity index (χ0n) is 9.32. The molecule has 0 aromatic heterocycles. The minimum atomic E-state index is 0.290. The van der Waals surface area contributed by atoms with Crippen LogP contribution in [0.1, 0.15) is 18.4 Å². The van der Waals surface area contributed by atoms with Crippen molar-refractivity contribution in [3.63, 3.8) is 0 Å². The number of nitrogens with two attached hydrogens (primary N) is 1. The van der Waals surface area contributed by atoms with Gasteiger partial charge in [0.05, 0.1) is 6.54 Å². The summed E-state index contributed by atoms with van der Waals surface area (Å²) in [5.74, 6) is 1.69. The minimum Gasteiger partial charge on any atom is -0.454 e. The van der Waals surface area contributed by atoms with Gasteiger partial charge >= 0.3 is 0 Å². The number of quaternary nitrogens is 1. The van der Waals surface area contributed by atoms with Crippen LogP contribution in [0.5, 0.6) is 11.5 Å². The van der Waals surface area contributed by atoms with Crippen molar-refractivity contribution in [3.8, 4) is 11.5 Å². The van der Waals surface area contributed by atoms with Crippen LogP contribution in [0.15, 0.2) is 18.2 Å². The van der Waals surface area contributed by atoms with Gasteiger partial charge in [-0.2, -0.15) is 0 Å². The number of hydrogen-bond donors (Lipinski definition) is 2. The van der Waals surface area contributed by atoms with E-state index >= 15 is 0 Å². The molecule has 0 amide bonds. The Balaban J connectivity index is 1.77. The third-order valence-electron chi connectivity index (χ3n) is 2.63. The van der Waals surface area contributed by atoms with Crippen molar-refractivity contribution >= 4 is 0 Å². The summed E-state index contributed by atoms with van der Waals surface area (Å²) in [5.41, 5.74) is 1.24. The zero-order valence-corrected chi connectivity index (χ0v) is 9.32. The molecule has 4 nitrogen and oxygen atoms in total. The fraction of sp³-hybridized carbons (Fsp3) is 0.500. The number of aliphatic hydroxyl groups excluding tert-OH is 1. The molecule has 1 aromatic carbocycles. The Morgan fingerprint density at radius 3 is 2.94 bits per heavy atom. The molecule has 1 aromatic rings. The van der Waals surface area contributed by atoms with E-state index in [9.17, 15) is 0 Å². The van der Waals surface area contributed by atoms with E-state index in [0.29, 0.717) is 6.79 Å². The topological polar surface area (TPSA) is 55.3 Å². The van der Waals surface area contributed by atoms with Crippen molar-refractivity contribution in [3.05, 3.63) is 23.8 Å². The van der Waals surface area contributed by atoms with Crippen LogP contribution < -0.4 is 14.8 Å². The smallest absolute Gasteiger partial charge is 0.231 e. The van der Waals surface area contributed by atoms with Gasteiger partial charge in [-0.05, 0) is 31.0 Å². The number of benzene rings is 1. The lowest BCUT2D eigenvalue weighted by molar-refractivity contribution is -0.671. The molecule has 1 aliphatic heterocycles. The molecular formula is C12H18NO3+. The summed E-state index contributed by atoms with van der Waals surface area (Å²) in [6, 6.07) is 6.06. The van der Waals surface area contributed by atoms with Gasteiger partial charge in [0.15, 0.2) is 11.5 Å². The predicted octanol–water partition coefficient (Wildman–Crippen LogP) is 0.251. The molecule has 0 atom stereocenters. The summed E-state index contributed by atoms with van der Waals surface area (Å²) in [6.07, 6.45) is 1.94. The highest BCUT2D eigenvalue weighted by Crippen LogP contribution is 2.32. The van der Waals surface area contributed by atoms with Crippen LogP contribution in [-0.2, 0) is 6.54 Å². The summed E-state index contributed by atoms with van der Waals surface area (Å²) in [6.45, 7) is 2.62. The average Bonchev–Trinajstić information content (AvgIpc) is 2.76. The Kier molecular flexibility index (Phi) is 4.02. The number of fused-ring (bicyclic) bond motifs is 1. The van der Waals surface area contributed by atoms with E-state index in [2.05, 4.69) is 11.4 Å². The van der Waals surface area contributed by atoms with Crippen molar-refractivity contribution in [1.29, 1.82) is 0 Å². The van der Waals surface area contributed by atoms with Crippen LogP contribution in [-0.4, -0.2) is 25.1 Å². The van der Waals surface area contributed by atoms with E-state index in [1.165, 1.54) is 5.56 Å². The summed E-state index contributed by atoms with van der Waals surface area (Å²) in [7, 11) is 0. The number of rotatable bonds is 6. The second-order valence-electron chi connectivity index (χ2n) is 3.90. The summed E-state index contributed by atoms with van der Waals surface area (Å²) in [4.78, 5) is 0. The van der Waals surface area contributed by atoms with Crippen LogP contribution in [0.4, 0.5) is 0 Å². The van der Waals surface area contributed by atoms with Gasteiger partial charge in [0.2, 0.25) is 6.79 Å². The molecule has 3 N–H and O–H groups in total. The lowest BCUT2D eigenvalue weighted by atomic mass is 10.2. The van der Waals surface area contributed by atoms with Gasteiger partial charge in [-0.3, -0.25) is 0 Å². The lowest BCUT2D eigenvalue weighted by Crippen LogP contribution is -2.82. The van der Waals surface area contributed by atoms with Crippen molar-refractivity contribution in [2.75, 3.05) is 19.9 Å². The molecule has 0 saturated heterocycles. The molecule has 0 unspecified atom stereocenters. The average molecular weight is 224 g/mol. The zero-order chi connectivity index (χ0) is 11.2. The normalized spacial score (nSPS) is 13.1. The number of hydrogen-bond acceptors (Lipinski definition) is 3.